The zero-order valence-electron chi connectivity index (χ0n) is 14.1. The number of methoxy groups -OCH3 is 1. The molecule has 0 aromatic carbocycles. The van der Waals surface area contributed by atoms with Crippen molar-refractivity contribution in [3.63, 3.8) is 0 Å². The summed E-state index contributed by atoms with van der Waals surface area (Å²) in [4.78, 5) is 20.5. The number of esters is 1. The third-order valence-electron chi connectivity index (χ3n) is 1.44. The molecule has 0 rings (SSSR count). The molecule has 0 radical (unpaired) electrons. The van der Waals surface area contributed by atoms with Crippen molar-refractivity contribution in [3.8, 4) is 0 Å². The SMILES string of the molecule is C=C(C)C(=O)NC.C=C(C)C(=O)OC.C=CCN.C=CCO. The first-order valence-electron chi connectivity index (χ1n) is 6.34. The van der Waals surface area contributed by atoms with Crippen molar-refractivity contribution < 1.29 is 19.4 Å². The van der Waals surface area contributed by atoms with E-state index < -0.39 is 0 Å². The van der Waals surface area contributed by atoms with Crippen LogP contribution in [0, 0.1) is 0 Å². The number of ether oxygens (including phenoxy) is 1. The number of aliphatic hydroxyl groups is 1. The van der Waals surface area contributed by atoms with E-state index in [0.717, 1.165) is 0 Å². The van der Waals surface area contributed by atoms with Crippen molar-refractivity contribution in [1.29, 1.82) is 0 Å². The predicted octanol–water partition coefficient (Wildman–Crippen LogP) is 1.34. The van der Waals surface area contributed by atoms with E-state index in [-0.39, 0.29) is 18.5 Å². The van der Waals surface area contributed by atoms with Gasteiger partial charge in [-0.05, 0) is 13.8 Å². The minimum absolute atomic E-state index is 0.0833. The second kappa shape index (κ2) is 23.9. The summed E-state index contributed by atoms with van der Waals surface area (Å²) in [6.07, 6.45) is 3.08. The molecule has 0 fully saturated rings. The lowest BCUT2D eigenvalue weighted by molar-refractivity contribution is -0.136. The normalized spacial score (nSPS) is 7.18. The van der Waals surface area contributed by atoms with Gasteiger partial charge in [0, 0.05) is 24.7 Å². The van der Waals surface area contributed by atoms with E-state index in [1.54, 1.807) is 27.0 Å². The number of carbonyl (C=O) groups is 2. The number of rotatable bonds is 4. The van der Waals surface area contributed by atoms with E-state index in [2.05, 4.69) is 36.4 Å². The summed E-state index contributed by atoms with van der Waals surface area (Å²) < 4.78 is 4.27. The van der Waals surface area contributed by atoms with Crippen molar-refractivity contribution in [2.45, 2.75) is 13.8 Å². The molecule has 0 aliphatic rings. The molecule has 0 unspecified atom stereocenters. The first-order valence-corrected chi connectivity index (χ1v) is 6.34. The second-order valence-corrected chi connectivity index (χ2v) is 3.63. The molecule has 0 aromatic heterocycles. The predicted molar refractivity (Wildman–Crippen MR) is 92.2 cm³/mol. The van der Waals surface area contributed by atoms with Crippen LogP contribution < -0.4 is 11.1 Å². The van der Waals surface area contributed by atoms with Crippen LogP contribution in [0.5, 0.6) is 0 Å². The smallest absolute Gasteiger partial charge is 0.332 e. The molecule has 22 heavy (non-hydrogen) atoms. The maximum absolute atomic E-state index is 10.3. The van der Waals surface area contributed by atoms with Crippen molar-refractivity contribution in [3.05, 3.63) is 49.6 Å². The summed E-state index contributed by atoms with van der Waals surface area (Å²) in [6, 6.07) is 0. The fraction of sp³-hybridized carbons (Fsp3) is 0.375. The van der Waals surface area contributed by atoms with Crippen LogP contribution in [0.4, 0.5) is 0 Å². The molecule has 0 bridgehead atoms. The third kappa shape index (κ3) is 36.1. The minimum Gasteiger partial charge on any atom is -0.466 e. The van der Waals surface area contributed by atoms with Crippen LogP contribution in [-0.2, 0) is 14.3 Å². The molecular formula is C16H30N2O4. The average Bonchev–Trinajstić information content (AvgIpc) is 2.53. The summed E-state index contributed by atoms with van der Waals surface area (Å²) in [5.74, 6) is -0.444. The van der Waals surface area contributed by atoms with Gasteiger partial charge in [-0.2, -0.15) is 0 Å². The largest absolute Gasteiger partial charge is 0.466 e. The van der Waals surface area contributed by atoms with Gasteiger partial charge in [0.1, 0.15) is 0 Å². The van der Waals surface area contributed by atoms with Gasteiger partial charge >= 0.3 is 5.97 Å². The van der Waals surface area contributed by atoms with Gasteiger partial charge in [0.25, 0.3) is 0 Å². The molecule has 6 heteroatoms. The first-order chi connectivity index (χ1) is 10.2. The first kappa shape index (κ1) is 28.0. The quantitative estimate of drug-likeness (QED) is 0.413. The maximum atomic E-state index is 10.3. The molecule has 0 aliphatic carbocycles. The third-order valence-corrected chi connectivity index (χ3v) is 1.44. The summed E-state index contributed by atoms with van der Waals surface area (Å²) in [7, 11) is 2.91. The van der Waals surface area contributed by atoms with E-state index in [4.69, 9.17) is 10.8 Å². The van der Waals surface area contributed by atoms with E-state index in [1.165, 1.54) is 13.2 Å². The van der Waals surface area contributed by atoms with Crippen molar-refractivity contribution in [2.24, 2.45) is 5.73 Å². The Morgan fingerprint density at radius 2 is 1.55 bits per heavy atom. The number of aliphatic hydroxyl groups excluding tert-OH is 1. The van der Waals surface area contributed by atoms with Crippen LogP contribution in [-0.4, -0.2) is 44.3 Å². The number of carbonyl (C=O) groups excluding carboxylic acids is 2. The Morgan fingerprint density at radius 1 is 1.18 bits per heavy atom. The highest BCUT2D eigenvalue weighted by atomic mass is 16.5. The zero-order chi connectivity index (χ0) is 18.6. The Morgan fingerprint density at radius 3 is 1.55 bits per heavy atom. The lowest BCUT2D eigenvalue weighted by atomic mass is 10.3. The summed E-state index contributed by atoms with van der Waals surface area (Å²) in [5, 5.41) is 10.2. The van der Waals surface area contributed by atoms with Gasteiger partial charge in [-0.15, -0.1) is 13.2 Å². The van der Waals surface area contributed by atoms with Crippen molar-refractivity contribution in [2.75, 3.05) is 27.3 Å². The fourth-order valence-corrected chi connectivity index (χ4v) is 0.388. The van der Waals surface area contributed by atoms with Crippen LogP contribution in [0.2, 0.25) is 0 Å². The number of hydrogen-bond donors (Lipinski definition) is 3. The van der Waals surface area contributed by atoms with Crippen LogP contribution in [0.3, 0.4) is 0 Å². The Labute approximate surface area is 134 Å². The number of likely N-dealkylation sites (N-methyl/N-ethyl adjacent to an activating group) is 1. The van der Waals surface area contributed by atoms with Gasteiger partial charge in [0.2, 0.25) is 5.91 Å². The summed E-state index contributed by atoms with van der Waals surface area (Å²) >= 11 is 0. The van der Waals surface area contributed by atoms with Gasteiger partial charge in [-0.25, -0.2) is 4.79 Å². The molecule has 0 heterocycles. The minimum atomic E-state index is -0.347. The van der Waals surface area contributed by atoms with Gasteiger partial charge in [0.15, 0.2) is 0 Å². The second-order valence-electron chi connectivity index (χ2n) is 3.63. The molecule has 0 aliphatic heterocycles. The lowest BCUT2D eigenvalue weighted by Gasteiger charge is -1.91. The molecule has 0 atom stereocenters. The van der Waals surface area contributed by atoms with Crippen LogP contribution in [0.25, 0.3) is 0 Å². The van der Waals surface area contributed by atoms with Gasteiger partial charge < -0.3 is 20.9 Å². The van der Waals surface area contributed by atoms with E-state index in [1.807, 2.05) is 0 Å². The van der Waals surface area contributed by atoms with Gasteiger partial charge in [-0.3, -0.25) is 4.79 Å². The monoisotopic (exact) mass is 314 g/mol. The summed E-state index contributed by atoms with van der Waals surface area (Å²) in [6.45, 7) is 17.3. The van der Waals surface area contributed by atoms with Crippen LogP contribution in [0.1, 0.15) is 13.8 Å². The van der Waals surface area contributed by atoms with Crippen LogP contribution in [0.15, 0.2) is 49.6 Å². The number of amides is 1. The molecule has 0 saturated carbocycles. The number of nitrogens with one attached hydrogen (secondary N) is 1. The molecule has 6 nitrogen and oxygen atoms in total. The van der Waals surface area contributed by atoms with E-state index in [9.17, 15) is 9.59 Å². The van der Waals surface area contributed by atoms with E-state index >= 15 is 0 Å². The molecule has 0 spiro atoms. The highest BCUT2D eigenvalue weighted by molar-refractivity contribution is 5.91. The highest BCUT2D eigenvalue weighted by Gasteiger charge is 1.95. The molecular weight excluding hydrogens is 284 g/mol. The van der Waals surface area contributed by atoms with Crippen molar-refractivity contribution >= 4 is 11.9 Å². The average molecular weight is 314 g/mol. The standard InChI is InChI=1S/C5H9NO.C5H8O2.C3H7N.C3H6O/c1-4(2)5(7)6-3;1-4(2)5(6)7-3;2*1-2-3-4/h1H2,2-3H3,(H,6,7);1H2,2-3H3;2H,1,3-4H2;2,4H,1,3H2. The molecule has 1 amide bonds. The lowest BCUT2D eigenvalue weighted by Crippen LogP contribution is -2.17. The fourth-order valence-electron chi connectivity index (χ4n) is 0.388. The zero-order valence-corrected chi connectivity index (χ0v) is 14.1. The summed E-state index contributed by atoms with van der Waals surface area (Å²) in [5.41, 5.74) is 5.89. The molecule has 128 valence electrons. The molecule has 0 aromatic rings. The molecule has 0 saturated heterocycles. The number of hydrogen-bond acceptors (Lipinski definition) is 5. The van der Waals surface area contributed by atoms with Crippen molar-refractivity contribution in [1.82, 2.24) is 5.32 Å². The highest BCUT2D eigenvalue weighted by Crippen LogP contribution is 1.87. The number of nitrogens with two attached hydrogens (primary N) is 1. The van der Waals surface area contributed by atoms with E-state index in [0.29, 0.717) is 17.7 Å². The Balaban J connectivity index is -0.000000102. The van der Waals surface area contributed by atoms with Gasteiger partial charge in [0.05, 0.1) is 13.7 Å². The Kier molecular flexibility index (Phi) is 30.4. The Bertz CT molecular complexity index is 316. The maximum Gasteiger partial charge on any atom is 0.332 e. The van der Waals surface area contributed by atoms with Crippen LogP contribution >= 0.6 is 0 Å². The topological polar surface area (TPSA) is 102 Å². The molecule has 4 N–H and O–H groups in total. The Hall–Kier alpha value is -2.18. The van der Waals surface area contributed by atoms with Gasteiger partial charge in [-0.1, -0.05) is 25.3 Å².